The predicted molar refractivity (Wildman–Crippen MR) is 67.7 cm³/mol. The summed E-state index contributed by atoms with van der Waals surface area (Å²) in [5, 5.41) is 0. The quantitative estimate of drug-likeness (QED) is 0.370. The lowest BCUT2D eigenvalue weighted by Crippen LogP contribution is -1.84. The standard InChI is InChI=1S/C14H16O2/c1-11(2)6-7-12(3)13(4)8-9-14(5)16-10-15/h6-10H,1,3-5H2,2H3/b7-6-,9-8-. The minimum atomic E-state index is 0.257. The van der Waals surface area contributed by atoms with Crippen molar-refractivity contribution in [2.75, 3.05) is 0 Å². The van der Waals surface area contributed by atoms with E-state index in [9.17, 15) is 4.79 Å². The van der Waals surface area contributed by atoms with Crippen molar-refractivity contribution in [3.05, 3.63) is 73.1 Å². The Morgan fingerprint density at radius 3 is 1.88 bits per heavy atom. The van der Waals surface area contributed by atoms with E-state index in [4.69, 9.17) is 0 Å². The molecule has 0 aromatic carbocycles. The van der Waals surface area contributed by atoms with E-state index in [-0.39, 0.29) is 5.76 Å². The molecule has 2 heteroatoms. The molecule has 0 heterocycles. The van der Waals surface area contributed by atoms with Crippen LogP contribution >= 0.6 is 0 Å². The maximum atomic E-state index is 9.99. The van der Waals surface area contributed by atoms with Crippen LogP contribution in [0.4, 0.5) is 0 Å². The molecule has 0 rings (SSSR count). The van der Waals surface area contributed by atoms with E-state index >= 15 is 0 Å². The van der Waals surface area contributed by atoms with E-state index in [0.29, 0.717) is 12.0 Å². The second-order valence-corrected chi connectivity index (χ2v) is 3.24. The molecular weight excluding hydrogens is 200 g/mol. The highest BCUT2D eigenvalue weighted by Crippen LogP contribution is 2.10. The lowest BCUT2D eigenvalue weighted by molar-refractivity contribution is -0.124. The third-order valence-electron chi connectivity index (χ3n) is 1.65. The molecule has 0 atom stereocenters. The van der Waals surface area contributed by atoms with E-state index in [0.717, 1.165) is 11.1 Å². The summed E-state index contributed by atoms with van der Waals surface area (Å²) in [6, 6.07) is 0. The largest absolute Gasteiger partial charge is 0.429 e. The summed E-state index contributed by atoms with van der Waals surface area (Å²) in [7, 11) is 0. The number of carbonyl (C=O) groups excluding carboxylic acids is 1. The molecule has 0 spiro atoms. The maximum absolute atomic E-state index is 9.99. The lowest BCUT2D eigenvalue weighted by atomic mass is 10.1. The number of ether oxygens (including phenoxy) is 1. The van der Waals surface area contributed by atoms with E-state index < -0.39 is 0 Å². The Kier molecular flexibility index (Phi) is 6.29. The average molecular weight is 216 g/mol. The van der Waals surface area contributed by atoms with Gasteiger partial charge in [0.1, 0.15) is 5.76 Å². The van der Waals surface area contributed by atoms with Gasteiger partial charge in [-0.15, -0.1) is 0 Å². The van der Waals surface area contributed by atoms with Crippen molar-refractivity contribution in [2.45, 2.75) is 6.92 Å². The van der Waals surface area contributed by atoms with Crippen molar-refractivity contribution in [1.29, 1.82) is 0 Å². The topological polar surface area (TPSA) is 26.3 Å². The Morgan fingerprint density at radius 1 is 0.938 bits per heavy atom. The molecule has 0 aromatic rings. The highest BCUT2D eigenvalue weighted by Gasteiger charge is 1.92. The van der Waals surface area contributed by atoms with Crippen LogP contribution in [-0.2, 0) is 9.53 Å². The molecule has 0 aliphatic carbocycles. The number of hydrogen-bond acceptors (Lipinski definition) is 2. The number of rotatable bonds is 7. The van der Waals surface area contributed by atoms with E-state index in [1.54, 1.807) is 12.2 Å². The zero-order valence-corrected chi connectivity index (χ0v) is 9.53. The van der Waals surface area contributed by atoms with Gasteiger partial charge < -0.3 is 4.74 Å². The summed E-state index contributed by atoms with van der Waals surface area (Å²) in [5.41, 5.74) is 2.41. The van der Waals surface area contributed by atoms with Gasteiger partial charge in [0.2, 0.25) is 0 Å². The summed E-state index contributed by atoms with van der Waals surface area (Å²) >= 11 is 0. The van der Waals surface area contributed by atoms with Crippen molar-refractivity contribution in [3.8, 4) is 0 Å². The fourth-order valence-electron chi connectivity index (χ4n) is 0.752. The molecular formula is C14H16O2. The van der Waals surface area contributed by atoms with E-state index in [1.165, 1.54) is 0 Å². The van der Waals surface area contributed by atoms with Crippen LogP contribution in [0.3, 0.4) is 0 Å². The highest BCUT2D eigenvalue weighted by atomic mass is 16.5. The van der Waals surface area contributed by atoms with Crippen LogP contribution in [0.1, 0.15) is 6.92 Å². The van der Waals surface area contributed by atoms with Gasteiger partial charge in [-0.25, -0.2) is 0 Å². The highest BCUT2D eigenvalue weighted by molar-refractivity contribution is 5.46. The van der Waals surface area contributed by atoms with Gasteiger partial charge in [-0.3, -0.25) is 4.79 Å². The zero-order chi connectivity index (χ0) is 12.6. The number of hydrogen-bond donors (Lipinski definition) is 0. The molecule has 2 nitrogen and oxygen atoms in total. The van der Waals surface area contributed by atoms with Gasteiger partial charge in [-0.2, -0.15) is 0 Å². The van der Waals surface area contributed by atoms with E-state index in [2.05, 4.69) is 31.1 Å². The van der Waals surface area contributed by atoms with Gasteiger partial charge in [0.25, 0.3) is 6.47 Å². The lowest BCUT2D eigenvalue weighted by Gasteiger charge is -1.99. The molecule has 0 aliphatic heterocycles. The minimum absolute atomic E-state index is 0.257. The monoisotopic (exact) mass is 216 g/mol. The molecule has 0 radical (unpaired) electrons. The first-order valence-corrected chi connectivity index (χ1v) is 4.66. The predicted octanol–water partition coefficient (Wildman–Crippen LogP) is 3.47. The van der Waals surface area contributed by atoms with E-state index in [1.807, 2.05) is 19.1 Å². The minimum Gasteiger partial charge on any atom is -0.429 e. The summed E-state index contributed by atoms with van der Waals surface area (Å²) in [6.45, 7) is 17.1. The van der Waals surface area contributed by atoms with Crippen molar-refractivity contribution in [3.63, 3.8) is 0 Å². The fraction of sp³-hybridized carbons (Fsp3) is 0.0714. The number of allylic oxidation sites excluding steroid dienone is 7. The SMILES string of the molecule is C=C(C)/C=C\C(=C)C(=C)/C=C\C(=C)OC=O. The van der Waals surface area contributed by atoms with Gasteiger partial charge in [0, 0.05) is 0 Å². The summed E-state index contributed by atoms with van der Waals surface area (Å²) < 4.78 is 4.51. The van der Waals surface area contributed by atoms with Crippen molar-refractivity contribution in [2.24, 2.45) is 0 Å². The zero-order valence-electron chi connectivity index (χ0n) is 9.53. The van der Waals surface area contributed by atoms with Crippen LogP contribution in [0.15, 0.2) is 73.1 Å². The summed E-state index contributed by atoms with van der Waals surface area (Å²) in [6.07, 6.45) is 6.89. The molecule has 0 aliphatic rings. The number of carbonyl (C=O) groups is 1. The molecule has 0 amide bonds. The Morgan fingerprint density at radius 2 is 1.44 bits per heavy atom. The Labute approximate surface area is 96.6 Å². The van der Waals surface area contributed by atoms with Crippen LogP contribution in [-0.4, -0.2) is 6.47 Å². The first-order valence-electron chi connectivity index (χ1n) is 4.66. The molecule has 0 unspecified atom stereocenters. The second-order valence-electron chi connectivity index (χ2n) is 3.24. The van der Waals surface area contributed by atoms with Crippen molar-refractivity contribution >= 4 is 6.47 Å². The van der Waals surface area contributed by atoms with Gasteiger partial charge in [0.15, 0.2) is 0 Å². The first kappa shape index (κ1) is 13.9. The molecule has 0 saturated heterocycles. The third kappa shape index (κ3) is 6.38. The van der Waals surface area contributed by atoms with Gasteiger partial charge in [0.05, 0.1) is 0 Å². The normalized spacial score (nSPS) is 10.3. The molecule has 16 heavy (non-hydrogen) atoms. The van der Waals surface area contributed by atoms with Crippen LogP contribution in [0.2, 0.25) is 0 Å². The molecule has 0 saturated carbocycles. The second kappa shape index (κ2) is 7.23. The van der Waals surface area contributed by atoms with Crippen LogP contribution in [0.5, 0.6) is 0 Å². The third-order valence-corrected chi connectivity index (χ3v) is 1.65. The Balaban J connectivity index is 4.36. The van der Waals surface area contributed by atoms with Crippen molar-refractivity contribution < 1.29 is 9.53 Å². The molecule has 0 N–H and O–H groups in total. The average Bonchev–Trinajstić information content (AvgIpc) is 2.22. The van der Waals surface area contributed by atoms with Gasteiger partial charge in [-0.1, -0.05) is 50.1 Å². The van der Waals surface area contributed by atoms with Gasteiger partial charge in [-0.05, 0) is 24.1 Å². The Hall–Kier alpha value is -2.09. The smallest absolute Gasteiger partial charge is 0.298 e. The summed E-state index contributed by atoms with van der Waals surface area (Å²) in [5.74, 6) is 0.257. The molecule has 84 valence electrons. The van der Waals surface area contributed by atoms with Crippen LogP contribution in [0, 0.1) is 0 Å². The summed E-state index contributed by atoms with van der Waals surface area (Å²) in [4.78, 5) is 9.99. The van der Waals surface area contributed by atoms with Crippen LogP contribution in [0.25, 0.3) is 0 Å². The Bertz CT molecular complexity index is 382. The van der Waals surface area contributed by atoms with Crippen LogP contribution < -0.4 is 0 Å². The molecule has 0 aromatic heterocycles. The van der Waals surface area contributed by atoms with Gasteiger partial charge >= 0.3 is 0 Å². The first-order chi connectivity index (χ1) is 7.47. The van der Waals surface area contributed by atoms with Crippen molar-refractivity contribution in [1.82, 2.24) is 0 Å². The maximum Gasteiger partial charge on any atom is 0.298 e. The molecule has 0 bridgehead atoms. The fourth-order valence-corrected chi connectivity index (χ4v) is 0.752. The molecule has 0 fully saturated rings.